The summed E-state index contributed by atoms with van der Waals surface area (Å²) in [5.41, 5.74) is 0.427. The van der Waals surface area contributed by atoms with Crippen LogP contribution in [0.15, 0.2) is 0 Å². The van der Waals surface area contributed by atoms with Crippen molar-refractivity contribution in [3.63, 3.8) is 0 Å². The summed E-state index contributed by atoms with van der Waals surface area (Å²) < 4.78 is 5.60. The molecule has 0 spiro atoms. The second-order valence-electron chi connectivity index (χ2n) is 6.88. The molecule has 3 nitrogen and oxygen atoms in total. The normalized spacial score (nSPS) is 36.2. The number of ether oxygens (including phenoxy) is 1. The van der Waals surface area contributed by atoms with Crippen LogP contribution in [0.25, 0.3) is 0 Å². The molecular weight excluding hydrogens is 224 g/mol. The average Bonchev–Trinajstić information content (AvgIpc) is 2.65. The molecule has 0 aromatic heterocycles. The highest BCUT2D eigenvalue weighted by molar-refractivity contribution is 5.00. The highest BCUT2D eigenvalue weighted by Crippen LogP contribution is 2.39. The Morgan fingerprint density at radius 2 is 2.11 bits per heavy atom. The topological polar surface area (TPSA) is 24.5 Å². The summed E-state index contributed by atoms with van der Waals surface area (Å²) in [5.74, 6) is 0.741. The van der Waals surface area contributed by atoms with Crippen molar-refractivity contribution in [2.24, 2.45) is 11.3 Å². The lowest BCUT2D eigenvalue weighted by Gasteiger charge is -2.37. The van der Waals surface area contributed by atoms with E-state index in [-0.39, 0.29) is 0 Å². The zero-order valence-electron chi connectivity index (χ0n) is 12.5. The fourth-order valence-corrected chi connectivity index (χ4v) is 3.91. The highest BCUT2D eigenvalue weighted by Gasteiger charge is 2.42. The van der Waals surface area contributed by atoms with Crippen molar-refractivity contribution in [3.8, 4) is 0 Å². The van der Waals surface area contributed by atoms with E-state index in [9.17, 15) is 0 Å². The van der Waals surface area contributed by atoms with E-state index in [0.29, 0.717) is 17.5 Å². The number of nitrogens with one attached hydrogen (secondary N) is 1. The van der Waals surface area contributed by atoms with Gasteiger partial charge in [-0.05, 0) is 51.1 Å². The summed E-state index contributed by atoms with van der Waals surface area (Å²) in [6.45, 7) is 7.91. The molecular formula is C15H30N2O. The van der Waals surface area contributed by atoms with Gasteiger partial charge >= 0.3 is 0 Å². The van der Waals surface area contributed by atoms with Crippen molar-refractivity contribution in [2.75, 3.05) is 33.9 Å². The lowest BCUT2D eigenvalue weighted by atomic mass is 9.86. The van der Waals surface area contributed by atoms with Crippen molar-refractivity contribution in [3.05, 3.63) is 0 Å². The Hall–Kier alpha value is -0.120. The number of hydrogen-bond donors (Lipinski definition) is 1. The molecule has 2 aliphatic rings. The largest absolute Gasteiger partial charge is 0.381 e. The first-order chi connectivity index (χ1) is 8.54. The smallest absolute Gasteiger partial charge is 0.0506 e. The first-order valence-electron chi connectivity index (χ1n) is 7.50. The van der Waals surface area contributed by atoms with E-state index in [1.54, 1.807) is 0 Å². The first kappa shape index (κ1) is 14.3. The van der Waals surface area contributed by atoms with Gasteiger partial charge in [-0.2, -0.15) is 0 Å². The Bertz CT molecular complexity index is 261. The minimum atomic E-state index is 0.427. The lowest BCUT2D eigenvalue weighted by Crippen LogP contribution is -2.50. The molecule has 3 heteroatoms. The Labute approximate surface area is 112 Å². The van der Waals surface area contributed by atoms with Gasteiger partial charge in [0, 0.05) is 25.2 Å². The van der Waals surface area contributed by atoms with Gasteiger partial charge in [-0.3, -0.25) is 0 Å². The van der Waals surface area contributed by atoms with E-state index in [4.69, 9.17) is 4.74 Å². The molecule has 18 heavy (non-hydrogen) atoms. The third kappa shape index (κ3) is 3.06. The SMILES string of the molecule is CNC1C(N(C)CC2CCCOC2)CCC1(C)C. The molecule has 3 atom stereocenters. The van der Waals surface area contributed by atoms with Crippen LogP contribution in [-0.2, 0) is 4.74 Å². The lowest BCUT2D eigenvalue weighted by molar-refractivity contribution is 0.0332. The molecule has 1 N–H and O–H groups in total. The molecule has 1 saturated heterocycles. The van der Waals surface area contributed by atoms with Gasteiger partial charge in [0.2, 0.25) is 0 Å². The second kappa shape index (κ2) is 5.89. The highest BCUT2D eigenvalue weighted by atomic mass is 16.5. The zero-order chi connectivity index (χ0) is 13.2. The minimum absolute atomic E-state index is 0.427. The van der Waals surface area contributed by atoms with Gasteiger partial charge in [-0.25, -0.2) is 0 Å². The molecule has 0 bridgehead atoms. The molecule has 2 rings (SSSR count). The number of hydrogen-bond acceptors (Lipinski definition) is 3. The Kier molecular flexibility index (Phi) is 4.68. The molecule has 1 aliphatic heterocycles. The van der Waals surface area contributed by atoms with Crippen LogP contribution in [-0.4, -0.2) is 50.8 Å². The van der Waals surface area contributed by atoms with Crippen LogP contribution in [0.4, 0.5) is 0 Å². The minimum Gasteiger partial charge on any atom is -0.381 e. The summed E-state index contributed by atoms with van der Waals surface area (Å²) in [4.78, 5) is 2.58. The van der Waals surface area contributed by atoms with E-state index >= 15 is 0 Å². The van der Waals surface area contributed by atoms with Crippen molar-refractivity contribution >= 4 is 0 Å². The molecule has 106 valence electrons. The first-order valence-corrected chi connectivity index (χ1v) is 7.50. The van der Waals surface area contributed by atoms with Gasteiger partial charge < -0.3 is 15.0 Å². The summed E-state index contributed by atoms with van der Waals surface area (Å²) in [5, 5.41) is 3.55. The summed E-state index contributed by atoms with van der Waals surface area (Å²) >= 11 is 0. The van der Waals surface area contributed by atoms with Crippen LogP contribution in [0.2, 0.25) is 0 Å². The fraction of sp³-hybridized carbons (Fsp3) is 1.00. The summed E-state index contributed by atoms with van der Waals surface area (Å²) in [6.07, 6.45) is 5.23. The van der Waals surface area contributed by atoms with Crippen molar-refractivity contribution in [1.82, 2.24) is 10.2 Å². The fourth-order valence-electron chi connectivity index (χ4n) is 3.91. The standard InChI is InChI=1S/C15H30N2O/c1-15(2)8-7-13(14(15)16-3)17(4)10-12-6-5-9-18-11-12/h12-14,16H,5-11H2,1-4H3. The molecule has 3 unspecified atom stereocenters. The molecule has 0 radical (unpaired) electrons. The molecule has 1 saturated carbocycles. The molecule has 1 aliphatic carbocycles. The van der Waals surface area contributed by atoms with Gasteiger partial charge in [-0.15, -0.1) is 0 Å². The van der Waals surface area contributed by atoms with Gasteiger partial charge in [0.1, 0.15) is 0 Å². The summed E-state index contributed by atoms with van der Waals surface area (Å²) in [7, 11) is 4.41. The van der Waals surface area contributed by atoms with Crippen LogP contribution in [0.3, 0.4) is 0 Å². The van der Waals surface area contributed by atoms with Gasteiger partial charge in [0.05, 0.1) is 6.61 Å². The van der Waals surface area contributed by atoms with E-state index in [2.05, 4.69) is 38.2 Å². The van der Waals surface area contributed by atoms with Gasteiger partial charge in [-0.1, -0.05) is 13.8 Å². The van der Waals surface area contributed by atoms with Crippen LogP contribution in [0, 0.1) is 11.3 Å². The average molecular weight is 254 g/mol. The predicted molar refractivity (Wildman–Crippen MR) is 75.8 cm³/mol. The third-order valence-corrected chi connectivity index (χ3v) is 4.99. The van der Waals surface area contributed by atoms with Crippen LogP contribution in [0.5, 0.6) is 0 Å². The Balaban J connectivity index is 1.90. The molecule has 0 amide bonds. The zero-order valence-corrected chi connectivity index (χ0v) is 12.5. The molecule has 1 heterocycles. The van der Waals surface area contributed by atoms with Crippen LogP contribution < -0.4 is 5.32 Å². The van der Waals surface area contributed by atoms with E-state index in [1.165, 1.54) is 32.2 Å². The quantitative estimate of drug-likeness (QED) is 0.832. The third-order valence-electron chi connectivity index (χ3n) is 4.99. The van der Waals surface area contributed by atoms with Crippen molar-refractivity contribution in [2.45, 2.75) is 51.6 Å². The maximum atomic E-state index is 5.60. The van der Waals surface area contributed by atoms with Crippen LogP contribution in [0.1, 0.15) is 39.5 Å². The van der Waals surface area contributed by atoms with Crippen molar-refractivity contribution in [1.29, 1.82) is 0 Å². The Morgan fingerprint density at radius 1 is 1.33 bits per heavy atom. The monoisotopic (exact) mass is 254 g/mol. The van der Waals surface area contributed by atoms with Crippen molar-refractivity contribution < 1.29 is 4.74 Å². The van der Waals surface area contributed by atoms with E-state index in [1.807, 2.05) is 0 Å². The number of nitrogens with zero attached hydrogens (tertiary/aromatic N) is 1. The van der Waals surface area contributed by atoms with Gasteiger partial charge in [0.15, 0.2) is 0 Å². The van der Waals surface area contributed by atoms with E-state index < -0.39 is 0 Å². The van der Waals surface area contributed by atoms with E-state index in [0.717, 1.165) is 19.1 Å². The second-order valence-corrected chi connectivity index (χ2v) is 6.88. The maximum absolute atomic E-state index is 5.60. The molecule has 2 fully saturated rings. The summed E-state index contributed by atoms with van der Waals surface area (Å²) in [6, 6.07) is 1.30. The molecule has 0 aromatic carbocycles. The molecule has 0 aromatic rings. The Morgan fingerprint density at radius 3 is 2.72 bits per heavy atom. The number of likely N-dealkylation sites (N-methyl/N-ethyl adjacent to an activating group) is 2. The number of rotatable bonds is 4. The van der Waals surface area contributed by atoms with Crippen LogP contribution >= 0.6 is 0 Å². The maximum Gasteiger partial charge on any atom is 0.0506 e. The van der Waals surface area contributed by atoms with Gasteiger partial charge in [0.25, 0.3) is 0 Å². The predicted octanol–water partition coefficient (Wildman–Crippen LogP) is 2.12.